The SMILES string of the molecule is CC(C)c1ccc(NC(=O)[C@H](C)OC(=O)c2ccc(OCC(N)=O)cc2)cc1. The molecule has 0 aliphatic heterocycles. The number of primary amides is 1. The van der Waals surface area contributed by atoms with Crippen LogP contribution in [0.1, 0.15) is 42.6 Å². The van der Waals surface area contributed by atoms with Crippen LogP contribution in [0.25, 0.3) is 0 Å². The van der Waals surface area contributed by atoms with Crippen LogP contribution >= 0.6 is 0 Å². The number of esters is 1. The van der Waals surface area contributed by atoms with E-state index in [4.69, 9.17) is 15.2 Å². The van der Waals surface area contributed by atoms with Gasteiger partial charge in [0.25, 0.3) is 11.8 Å². The van der Waals surface area contributed by atoms with Gasteiger partial charge in [-0.1, -0.05) is 26.0 Å². The van der Waals surface area contributed by atoms with Crippen molar-refractivity contribution < 1.29 is 23.9 Å². The molecule has 7 nitrogen and oxygen atoms in total. The Morgan fingerprint density at radius 3 is 2.11 bits per heavy atom. The van der Waals surface area contributed by atoms with Gasteiger partial charge in [-0.25, -0.2) is 4.79 Å². The fourth-order valence-electron chi connectivity index (χ4n) is 2.32. The molecular formula is C21H24N2O5. The van der Waals surface area contributed by atoms with Gasteiger partial charge in [-0.05, 0) is 54.8 Å². The molecule has 2 aromatic carbocycles. The summed E-state index contributed by atoms with van der Waals surface area (Å²) >= 11 is 0. The lowest BCUT2D eigenvalue weighted by Crippen LogP contribution is -2.30. The van der Waals surface area contributed by atoms with E-state index in [9.17, 15) is 14.4 Å². The van der Waals surface area contributed by atoms with Gasteiger partial charge in [-0.15, -0.1) is 0 Å². The van der Waals surface area contributed by atoms with Crippen molar-refractivity contribution in [1.82, 2.24) is 0 Å². The molecule has 0 aliphatic rings. The zero-order chi connectivity index (χ0) is 20.7. The highest BCUT2D eigenvalue weighted by molar-refractivity contribution is 5.97. The van der Waals surface area contributed by atoms with E-state index < -0.39 is 23.9 Å². The first-order valence-electron chi connectivity index (χ1n) is 8.89. The monoisotopic (exact) mass is 384 g/mol. The third-order valence-electron chi connectivity index (χ3n) is 3.97. The first-order valence-corrected chi connectivity index (χ1v) is 8.89. The predicted octanol–water partition coefficient (Wildman–Crippen LogP) is 2.86. The van der Waals surface area contributed by atoms with Crippen molar-refractivity contribution in [2.45, 2.75) is 32.8 Å². The molecule has 148 valence electrons. The normalized spacial score (nSPS) is 11.6. The number of benzene rings is 2. The molecule has 0 spiro atoms. The molecule has 0 saturated carbocycles. The molecule has 0 aromatic heterocycles. The Balaban J connectivity index is 1.90. The molecule has 2 amide bonds. The number of anilines is 1. The second-order valence-electron chi connectivity index (χ2n) is 6.59. The van der Waals surface area contributed by atoms with Gasteiger partial charge in [-0.3, -0.25) is 9.59 Å². The van der Waals surface area contributed by atoms with Crippen molar-refractivity contribution in [2.24, 2.45) is 5.73 Å². The van der Waals surface area contributed by atoms with Crippen LogP contribution in [0.15, 0.2) is 48.5 Å². The van der Waals surface area contributed by atoms with Crippen LogP contribution in [0.3, 0.4) is 0 Å². The first kappa shape index (κ1) is 21.0. The number of hydrogen-bond acceptors (Lipinski definition) is 5. The predicted molar refractivity (Wildman–Crippen MR) is 105 cm³/mol. The van der Waals surface area contributed by atoms with Crippen molar-refractivity contribution in [3.8, 4) is 5.75 Å². The summed E-state index contributed by atoms with van der Waals surface area (Å²) in [5, 5.41) is 2.72. The van der Waals surface area contributed by atoms with Gasteiger partial charge >= 0.3 is 5.97 Å². The third kappa shape index (κ3) is 6.12. The molecule has 28 heavy (non-hydrogen) atoms. The molecule has 7 heteroatoms. The van der Waals surface area contributed by atoms with Crippen molar-refractivity contribution in [3.05, 3.63) is 59.7 Å². The van der Waals surface area contributed by atoms with E-state index in [0.29, 0.717) is 17.4 Å². The Morgan fingerprint density at radius 1 is 0.964 bits per heavy atom. The number of nitrogens with two attached hydrogens (primary N) is 1. The van der Waals surface area contributed by atoms with Crippen molar-refractivity contribution >= 4 is 23.5 Å². The van der Waals surface area contributed by atoms with Gasteiger partial charge < -0.3 is 20.5 Å². The molecule has 0 fully saturated rings. The lowest BCUT2D eigenvalue weighted by molar-refractivity contribution is -0.123. The van der Waals surface area contributed by atoms with Crippen LogP contribution in [-0.2, 0) is 14.3 Å². The molecule has 1 atom stereocenters. The van der Waals surface area contributed by atoms with Crippen molar-refractivity contribution in [1.29, 1.82) is 0 Å². The molecule has 0 saturated heterocycles. The summed E-state index contributed by atoms with van der Waals surface area (Å²) in [6.07, 6.45) is -0.969. The van der Waals surface area contributed by atoms with Crippen molar-refractivity contribution in [2.75, 3.05) is 11.9 Å². The van der Waals surface area contributed by atoms with Crippen LogP contribution in [0, 0.1) is 0 Å². The Labute approximate surface area is 163 Å². The lowest BCUT2D eigenvalue weighted by Gasteiger charge is -2.14. The summed E-state index contributed by atoms with van der Waals surface area (Å²) in [5.74, 6) is -0.864. The number of amides is 2. The summed E-state index contributed by atoms with van der Waals surface area (Å²) in [6, 6.07) is 13.5. The smallest absolute Gasteiger partial charge is 0.338 e. The molecular weight excluding hydrogens is 360 g/mol. The number of ether oxygens (including phenoxy) is 2. The fourth-order valence-corrected chi connectivity index (χ4v) is 2.32. The Bertz CT molecular complexity index is 829. The minimum Gasteiger partial charge on any atom is -0.484 e. The first-order chi connectivity index (χ1) is 13.3. The number of hydrogen-bond donors (Lipinski definition) is 2. The zero-order valence-electron chi connectivity index (χ0n) is 16.1. The highest BCUT2D eigenvalue weighted by atomic mass is 16.5. The quantitative estimate of drug-likeness (QED) is 0.681. The van der Waals surface area contributed by atoms with Gasteiger partial charge in [0, 0.05) is 5.69 Å². The summed E-state index contributed by atoms with van der Waals surface area (Å²) in [6.45, 7) is 5.43. The second kappa shape index (κ2) is 9.55. The molecule has 0 bridgehead atoms. The summed E-state index contributed by atoms with van der Waals surface area (Å²) in [5.41, 5.74) is 7.06. The minimum atomic E-state index is -0.969. The van der Waals surface area contributed by atoms with Crippen molar-refractivity contribution in [3.63, 3.8) is 0 Å². The van der Waals surface area contributed by atoms with E-state index in [2.05, 4.69) is 19.2 Å². The van der Waals surface area contributed by atoms with E-state index in [1.807, 2.05) is 24.3 Å². The fraction of sp³-hybridized carbons (Fsp3) is 0.286. The Kier molecular flexibility index (Phi) is 7.14. The molecule has 2 rings (SSSR count). The standard InChI is InChI=1S/C21H24N2O5/c1-13(2)15-4-8-17(9-5-15)23-20(25)14(3)28-21(26)16-6-10-18(11-7-16)27-12-19(22)24/h4-11,13-14H,12H2,1-3H3,(H2,22,24)(H,23,25)/t14-/m0/s1. The van der Waals surface area contributed by atoms with Gasteiger partial charge in [0.15, 0.2) is 12.7 Å². The maximum Gasteiger partial charge on any atom is 0.338 e. The summed E-state index contributed by atoms with van der Waals surface area (Å²) in [7, 11) is 0. The number of carbonyl (C=O) groups is 3. The number of rotatable bonds is 8. The van der Waals surface area contributed by atoms with E-state index in [1.165, 1.54) is 36.8 Å². The van der Waals surface area contributed by atoms with Gasteiger partial charge in [0.1, 0.15) is 5.75 Å². The second-order valence-corrected chi connectivity index (χ2v) is 6.59. The number of nitrogens with one attached hydrogen (secondary N) is 1. The van der Waals surface area contributed by atoms with Crippen LogP contribution in [0.2, 0.25) is 0 Å². The average Bonchev–Trinajstić information content (AvgIpc) is 2.67. The Morgan fingerprint density at radius 2 is 1.57 bits per heavy atom. The zero-order valence-corrected chi connectivity index (χ0v) is 16.1. The van der Waals surface area contributed by atoms with Gasteiger partial charge in [0.2, 0.25) is 0 Å². The lowest BCUT2D eigenvalue weighted by atomic mass is 10.0. The maximum absolute atomic E-state index is 12.2. The van der Waals surface area contributed by atoms with Crippen LogP contribution in [0.4, 0.5) is 5.69 Å². The van der Waals surface area contributed by atoms with E-state index in [1.54, 1.807) is 0 Å². The maximum atomic E-state index is 12.2. The van der Waals surface area contributed by atoms with Crippen LogP contribution in [-0.4, -0.2) is 30.5 Å². The molecule has 0 aliphatic carbocycles. The van der Waals surface area contributed by atoms with E-state index in [-0.39, 0.29) is 12.2 Å². The van der Waals surface area contributed by atoms with E-state index >= 15 is 0 Å². The summed E-state index contributed by atoms with van der Waals surface area (Å²) < 4.78 is 10.3. The topological polar surface area (TPSA) is 108 Å². The average molecular weight is 384 g/mol. The van der Waals surface area contributed by atoms with Crippen LogP contribution in [0.5, 0.6) is 5.75 Å². The van der Waals surface area contributed by atoms with Gasteiger partial charge in [-0.2, -0.15) is 0 Å². The highest BCUT2D eigenvalue weighted by Gasteiger charge is 2.19. The molecule has 0 heterocycles. The third-order valence-corrected chi connectivity index (χ3v) is 3.97. The van der Waals surface area contributed by atoms with E-state index in [0.717, 1.165) is 0 Å². The molecule has 2 aromatic rings. The molecule has 3 N–H and O–H groups in total. The van der Waals surface area contributed by atoms with Gasteiger partial charge in [0.05, 0.1) is 5.56 Å². The largest absolute Gasteiger partial charge is 0.484 e. The summed E-state index contributed by atoms with van der Waals surface area (Å²) in [4.78, 5) is 35.1. The minimum absolute atomic E-state index is 0.251. The molecule has 0 radical (unpaired) electrons. The Hall–Kier alpha value is -3.35. The highest BCUT2D eigenvalue weighted by Crippen LogP contribution is 2.18. The molecule has 0 unspecified atom stereocenters. The van der Waals surface area contributed by atoms with Crippen LogP contribution < -0.4 is 15.8 Å². The number of carbonyl (C=O) groups excluding carboxylic acids is 3.